The molecule has 19 heavy (non-hydrogen) atoms. The van der Waals surface area contributed by atoms with E-state index in [1.807, 2.05) is 13.2 Å². The second kappa shape index (κ2) is 5.57. The van der Waals surface area contributed by atoms with Crippen LogP contribution in [0.3, 0.4) is 0 Å². The van der Waals surface area contributed by atoms with Gasteiger partial charge in [-0.1, -0.05) is 0 Å². The summed E-state index contributed by atoms with van der Waals surface area (Å²) in [5.41, 5.74) is 1.13. The molecule has 5 nitrogen and oxygen atoms in total. The largest absolute Gasteiger partial charge is 0.441 e. The highest BCUT2D eigenvalue weighted by Gasteiger charge is 2.10. The van der Waals surface area contributed by atoms with Crippen LogP contribution in [0.1, 0.15) is 33.1 Å². The van der Waals surface area contributed by atoms with E-state index < -0.39 is 0 Å². The van der Waals surface area contributed by atoms with Crippen LogP contribution in [-0.4, -0.2) is 26.8 Å². The third kappa shape index (κ3) is 4.21. The summed E-state index contributed by atoms with van der Waals surface area (Å²) in [7, 11) is 1.89. The molecule has 0 bridgehead atoms. The number of nitrogens with zero attached hydrogens (tertiary/aromatic N) is 3. The zero-order chi connectivity index (χ0) is 13.9. The van der Waals surface area contributed by atoms with Crippen molar-refractivity contribution in [2.45, 2.75) is 39.2 Å². The summed E-state index contributed by atoms with van der Waals surface area (Å²) in [6.45, 7) is 7.46. The van der Waals surface area contributed by atoms with Crippen LogP contribution in [0, 0.1) is 0 Å². The molecule has 0 aliphatic carbocycles. The standard InChI is InChI=1S/C14H22N4O/c1-14(2,3)16-7-5-6-13-15-9-12(19-13)11-8-17-18(4)10-11/h8-10,16H,5-7H2,1-4H3. The minimum atomic E-state index is 0.164. The molecule has 0 aromatic carbocycles. The van der Waals surface area contributed by atoms with E-state index in [9.17, 15) is 0 Å². The van der Waals surface area contributed by atoms with Gasteiger partial charge in [-0.15, -0.1) is 0 Å². The minimum Gasteiger partial charge on any atom is -0.441 e. The third-order valence-electron chi connectivity index (χ3n) is 2.77. The van der Waals surface area contributed by atoms with Crippen molar-refractivity contribution >= 4 is 0 Å². The SMILES string of the molecule is Cn1cc(-c2cnc(CCCNC(C)(C)C)o2)cn1. The van der Waals surface area contributed by atoms with Gasteiger partial charge >= 0.3 is 0 Å². The average Bonchev–Trinajstić information content (AvgIpc) is 2.92. The van der Waals surface area contributed by atoms with Crippen molar-refractivity contribution in [1.29, 1.82) is 0 Å². The topological polar surface area (TPSA) is 55.9 Å². The van der Waals surface area contributed by atoms with Crippen LogP contribution >= 0.6 is 0 Å². The van der Waals surface area contributed by atoms with Crippen LogP contribution in [0.25, 0.3) is 11.3 Å². The van der Waals surface area contributed by atoms with E-state index in [0.29, 0.717) is 0 Å². The van der Waals surface area contributed by atoms with Crippen molar-refractivity contribution in [3.63, 3.8) is 0 Å². The molecule has 0 saturated carbocycles. The van der Waals surface area contributed by atoms with Gasteiger partial charge in [0, 0.05) is 25.2 Å². The number of aryl methyl sites for hydroxylation is 2. The number of aromatic nitrogens is 3. The molecular weight excluding hydrogens is 240 g/mol. The van der Waals surface area contributed by atoms with Gasteiger partial charge in [0.15, 0.2) is 11.7 Å². The van der Waals surface area contributed by atoms with E-state index in [-0.39, 0.29) is 5.54 Å². The molecule has 0 unspecified atom stereocenters. The molecule has 2 rings (SSSR count). The lowest BCUT2D eigenvalue weighted by atomic mass is 10.1. The third-order valence-corrected chi connectivity index (χ3v) is 2.77. The summed E-state index contributed by atoms with van der Waals surface area (Å²) < 4.78 is 7.48. The summed E-state index contributed by atoms with van der Waals surface area (Å²) in [6, 6.07) is 0. The molecule has 0 aliphatic rings. The van der Waals surface area contributed by atoms with Gasteiger partial charge < -0.3 is 9.73 Å². The Morgan fingerprint density at radius 2 is 2.11 bits per heavy atom. The zero-order valence-electron chi connectivity index (χ0n) is 12.1. The fourth-order valence-electron chi connectivity index (χ4n) is 1.81. The monoisotopic (exact) mass is 262 g/mol. The Kier molecular flexibility index (Phi) is 4.04. The molecular formula is C14H22N4O. The average molecular weight is 262 g/mol. The Balaban J connectivity index is 1.85. The van der Waals surface area contributed by atoms with E-state index in [0.717, 1.165) is 36.6 Å². The van der Waals surface area contributed by atoms with Gasteiger partial charge in [0.05, 0.1) is 18.0 Å². The predicted molar refractivity (Wildman–Crippen MR) is 74.8 cm³/mol. The Morgan fingerprint density at radius 1 is 1.32 bits per heavy atom. The molecule has 0 atom stereocenters. The molecule has 2 heterocycles. The first-order chi connectivity index (χ1) is 8.94. The summed E-state index contributed by atoms with van der Waals surface area (Å²) >= 11 is 0. The maximum Gasteiger partial charge on any atom is 0.194 e. The van der Waals surface area contributed by atoms with Gasteiger partial charge in [0.1, 0.15) is 0 Å². The molecule has 5 heteroatoms. The van der Waals surface area contributed by atoms with Crippen molar-refractivity contribution < 1.29 is 4.42 Å². The van der Waals surface area contributed by atoms with Crippen molar-refractivity contribution in [3.8, 4) is 11.3 Å². The molecule has 0 saturated heterocycles. The van der Waals surface area contributed by atoms with Crippen LogP contribution in [-0.2, 0) is 13.5 Å². The van der Waals surface area contributed by atoms with Crippen LogP contribution in [0.4, 0.5) is 0 Å². The van der Waals surface area contributed by atoms with E-state index in [2.05, 4.69) is 36.2 Å². The van der Waals surface area contributed by atoms with E-state index in [4.69, 9.17) is 4.42 Å². The summed E-state index contributed by atoms with van der Waals surface area (Å²) in [5, 5.41) is 7.57. The van der Waals surface area contributed by atoms with E-state index in [1.54, 1.807) is 17.1 Å². The lowest BCUT2D eigenvalue weighted by Crippen LogP contribution is -2.36. The normalized spacial score (nSPS) is 12.0. The molecule has 104 valence electrons. The van der Waals surface area contributed by atoms with E-state index >= 15 is 0 Å². The number of nitrogens with one attached hydrogen (secondary N) is 1. The van der Waals surface area contributed by atoms with Crippen LogP contribution < -0.4 is 5.32 Å². The predicted octanol–water partition coefficient (Wildman–Crippen LogP) is 2.40. The van der Waals surface area contributed by atoms with E-state index in [1.165, 1.54) is 0 Å². The van der Waals surface area contributed by atoms with Gasteiger partial charge in [-0.3, -0.25) is 4.68 Å². The fourth-order valence-corrected chi connectivity index (χ4v) is 1.81. The Bertz CT molecular complexity index is 522. The Labute approximate surface area is 114 Å². The van der Waals surface area contributed by atoms with Gasteiger partial charge in [0.25, 0.3) is 0 Å². The smallest absolute Gasteiger partial charge is 0.194 e. The molecule has 0 radical (unpaired) electrons. The first kappa shape index (κ1) is 13.8. The second-order valence-electron chi connectivity index (χ2n) is 5.80. The van der Waals surface area contributed by atoms with Gasteiger partial charge in [-0.05, 0) is 33.7 Å². The number of hydrogen-bond donors (Lipinski definition) is 1. The highest BCUT2D eigenvalue weighted by molar-refractivity contribution is 5.53. The van der Waals surface area contributed by atoms with Crippen LogP contribution in [0.2, 0.25) is 0 Å². The molecule has 0 spiro atoms. The molecule has 0 aliphatic heterocycles. The lowest BCUT2D eigenvalue weighted by molar-refractivity contribution is 0.412. The number of hydrogen-bond acceptors (Lipinski definition) is 4. The maximum atomic E-state index is 5.72. The molecule has 2 aromatic rings. The van der Waals surface area contributed by atoms with Crippen molar-refractivity contribution in [2.75, 3.05) is 6.54 Å². The minimum absolute atomic E-state index is 0.164. The van der Waals surface area contributed by atoms with Gasteiger partial charge in [0.2, 0.25) is 0 Å². The highest BCUT2D eigenvalue weighted by Crippen LogP contribution is 2.19. The summed E-state index contributed by atoms with van der Waals surface area (Å²) in [4.78, 5) is 4.30. The quantitative estimate of drug-likeness (QED) is 0.841. The van der Waals surface area contributed by atoms with Gasteiger partial charge in [-0.25, -0.2) is 4.98 Å². The van der Waals surface area contributed by atoms with Crippen LogP contribution in [0.5, 0.6) is 0 Å². The Morgan fingerprint density at radius 3 is 2.74 bits per heavy atom. The number of rotatable bonds is 5. The summed E-state index contributed by atoms with van der Waals surface area (Å²) in [5.74, 6) is 1.57. The highest BCUT2D eigenvalue weighted by atomic mass is 16.4. The molecule has 2 aromatic heterocycles. The summed E-state index contributed by atoms with van der Waals surface area (Å²) in [6.07, 6.45) is 7.34. The van der Waals surface area contributed by atoms with Gasteiger partial charge in [-0.2, -0.15) is 5.10 Å². The lowest BCUT2D eigenvalue weighted by Gasteiger charge is -2.19. The van der Waals surface area contributed by atoms with Crippen molar-refractivity contribution in [2.24, 2.45) is 7.05 Å². The zero-order valence-corrected chi connectivity index (χ0v) is 12.1. The van der Waals surface area contributed by atoms with Crippen molar-refractivity contribution in [1.82, 2.24) is 20.1 Å². The number of oxazole rings is 1. The second-order valence-corrected chi connectivity index (χ2v) is 5.80. The first-order valence-corrected chi connectivity index (χ1v) is 6.63. The molecule has 0 fully saturated rings. The van der Waals surface area contributed by atoms with Crippen molar-refractivity contribution in [3.05, 3.63) is 24.5 Å². The first-order valence-electron chi connectivity index (χ1n) is 6.63. The maximum absolute atomic E-state index is 5.72. The Hall–Kier alpha value is -1.62. The molecule has 1 N–H and O–H groups in total. The van der Waals surface area contributed by atoms with Crippen LogP contribution in [0.15, 0.2) is 23.0 Å². The fraction of sp³-hybridized carbons (Fsp3) is 0.571. The molecule has 0 amide bonds.